The summed E-state index contributed by atoms with van der Waals surface area (Å²) in [6.07, 6.45) is 2.74. The number of pyridine rings is 1. The molecule has 1 aliphatic heterocycles. The summed E-state index contributed by atoms with van der Waals surface area (Å²) in [7, 11) is 0. The van der Waals surface area contributed by atoms with Crippen LogP contribution < -0.4 is 11.1 Å². The summed E-state index contributed by atoms with van der Waals surface area (Å²) in [5.41, 5.74) is 0.885. The van der Waals surface area contributed by atoms with Crippen molar-refractivity contribution in [1.82, 2.24) is 15.2 Å². The van der Waals surface area contributed by atoms with Crippen molar-refractivity contribution >= 4 is 35.3 Å². The Morgan fingerprint density at radius 3 is 2.30 bits per heavy atom. The summed E-state index contributed by atoms with van der Waals surface area (Å²) < 4.78 is 5.40. The van der Waals surface area contributed by atoms with Gasteiger partial charge in [-0.25, -0.2) is 4.79 Å². The van der Waals surface area contributed by atoms with E-state index in [2.05, 4.69) is 10.3 Å². The Morgan fingerprint density at radius 1 is 1.02 bits per heavy atom. The number of benzene rings is 2. The number of hydrogen-bond acceptors (Lipinski definition) is 8. The Bertz CT molecular complexity index is 1680. The predicted molar refractivity (Wildman–Crippen MR) is 173 cm³/mol. The highest BCUT2D eigenvalue weighted by Gasteiger charge is 2.55. The van der Waals surface area contributed by atoms with Gasteiger partial charge in [-0.3, -0.25) is 19.4 Å². The predicted octanol–water partition coefficient (Wildman–Crippen LogP) is 3.95. The number of amides is 3. The van der Waals surface area contributed by atoms with Gasteiger partial charge in [0.2, 0.25) is 0 Å². The van der Waals surface area contributed by atoms with Gasteiger partial charge in [0.1, 0.15) is 5.60 Å². The van der Waals surface area contributed by atoms with Crippen LogP contribution in [0.1, 0.15) is 79.2 Å². The first-order valence-electron chi connectivity index (χ1n) is 15.5. The highest BCUT2D eigenvalue weighted by Crippen LogP contribution is 2.47. The van der Waals surface area contributed by atoms with Crippen molar-refractivity contribution in [2.45, 2.75) is 75.8 Å². The maximum atomic E-state index is 14.6. The molecule has 5 N–H and O–H groups in total. The van der Waals surface area contributed by atoms with Crippen molar-refractivity contribution in [3.8, 4) is 0 Å². The maximum absolute atomic E-state index is 14.6. The minimum Gasteiger partial charge on any atom is -0.444 e. The molecule has 1 saturated carbocycles. The SMILES string of the molecule is CC(C)(C)OC(=O)NCc1c(C(=O)[C@@H]2CCCN2C(=O)C(O)(c2ccccn2)C2CC2)cc(Cl)cc1C(O)(C(N)=O)c1ccccc1. The quantitative estimate of drug-likeness (QED) is 0.236. The fourth-order valence-corrected chi connectivity index (χ4v) is 6.44. The van der Waals surface area contributed by atoms with Gasteiger partial charge in [0, 0.05) is 41.4 Å². The van der Waals surface area contributed by atoms with Crippen LogP contribution in [0.15, 0.2) is 66.9 Å². The van der Waals surface area contributed by atoms with E-state index in [1.807, 2.05) is 0 Å². The summed E-state index contributed by atoms with van der Waals surface area (Å²) in [5, 5.41) is 26.5. The molecule has 2 aromatic carbocycles. The number of Topliss-reactive ketones (excluding diaryl/α,β-unsaturated/α-hetero) is 1. The number of likely N-dealkylation sites (tertiary alicyclic amines) is 1. The van der Waals surface area contributed by atoms with Crippen LogP contribution in [0.2, 0.25) is 5.02 Å². The van der Waals surface area contributed by atoms with E-state index >= 15 is 0 Å². The first kappa shape index (κ1) is 34.0. The van der Waals surface area contributed by atoms with Crippen LogP contribution in [0, 0.1) is 5.92 Å². The molecule has 5 rings (SSSR count). The smallest absolute Gasteiger partial charge is 0.407 e. The lowest BCUT2D eigenvalue weighted by Gasteiger charge is -2.34. The molecule has 3 amide bonds. The number of alkyl carbamates (subject to hydrolysis) is 1. The van der Waals surface area contributed by atoms with Crippen molar-refractivity contribution < 1.29 is 34.1 Å². The van der Waals surface area contributed by atoms with Gasteiger partial charge in [-0.05, 0) is 81.8 Å². The number of nitrogens with two attached hydrogens (primary N) is 1. The molecule has 47 heavy (non-hydrogen) atoms. The van der Waals surface area contributed by atoms with Gasteiger partial charge in [0.05, 0.1) is 11.7 Å². The van der Waals surface area contributed by atoms with Crippen LogP contribution in [0.25, 0.3) is 0 Å². The number of nitrogens with one attached hydrogen (secondary N) is 1. The minimum absolute atomic E-state index is 0.0128. The largest absolute Gasteiger partial charge is 0.444 e. The zero-order valence-electron chi connectivity index (χ0n) is 26.5. The first-order valence-corrected chi connectivity index (χ1v) is 15.9. The maximum Gasteiger partial charge on any atom is 0.407 e. The molecule has 2 unspecified atom stereocenters. The molecule has 2 fully saturated rings. The molecule has 12 heteroatoms. The lowest BCUT2D eigenvalue weighted by molar-refractivity contribution is -0.155. The minimum atomic E-state index is -2.46. The molecule has 1 aromatic heterocycles. The normalized spacial score (nSPS) is 18.9. The van der Waals surface area contributed by atoms with E-state index in [9.17, 15) is 29.4 Å². The average Bonchev–Trinajstić information content (AvgIpc) is 3.79. The lowest BCUT2D eigenvalue weighted by atomic mass is 9.80. The molecule has 2 heterocycles. The van der Waals surface area contributed by atoms with Crippen molar-refractivity contribution in [3.05, 3.63) is 99.8 Å². The Balaban J connectivity index is 1.60. The molecule has 3 atom stereocenters. The third-order valence-electron chi connectivity index (χ3n) is 8.59. The summed E-state index contributed by atoms with van der Waals surface area (Å²) in [4.78, 5) is 60.2. The fourth-order valence-electron chi connectivity index (χ4n) is 6.22. The molecule has 11 nitrogen and oxygen atoms in total. The number of rotatable bonds is 10. The van der Waals surface area contributed by atoms with Gasteiger partial charge < -0.3 is 30.9 Å². The van der Waals surface area contributed by atoms with E-state index in [0.29, 0.717) is 19.3 Å². The van der Waals surface area contributed by atoms with Crippen LogP contribution in [-0.2, 0) is 32.1 Å². The third kappa shape index (κ3) is 6.74. The lowest BCUT2D eigenvalue weighted by Crippen LogP contribution is -2.52. The molecule has 0 radical (unpaired) electrons. The number of aromatic nitrogens is 1. The second-order valence-electron chi connectivity index (χ2n) is 13.1. The summed E-state index contributed by atoms with van der Waals surface area (Å²) in [5.74, 6) is -2.64. The molecular weight excluding hydrogens is 624 g/mol. The molecule has 0 bridgehead atoms. The molecule has 1 aliphatic carbocycles. The van der Waals surface area contributed by atoms with Crippen molar-refractivity contribution in [1.29, 1.82) is 0 Å². The zero-order chi connectivity index (χ0) is 34.1. The van der Waals surface area contributed by atoms with Crippen LogP contribution in [0.5, 0.6) is 0 Å². The third-order valence-corrected chi connectivity index (χ3v) is 8.81. The second kappa shape index (κ2) is 13.1. The van der Waals surface area contributed by atoms with Gasteiger partial charge in [0.15, 0.2) is 17.0 Å². The Morgan fingerprint density at radius 2 is 1.70 bits per heavy atom. The molecule has 248 valence electrons. The van der Waals surface area contributed by atoms with Gasteiger partial charge in [-0.2, -0.15) is 0 Å². The number of carbonyl (C=O) groups excluding carboxylic acids is 4. The van der Waals surface area contributed by atoms with E-state index in [4.69, 9.17) is 22.1 Å². The molecule has 0 spiro atoms. The molecule has 1 saturated heterocycles. The zero-order valence-corrected chi connectivity index (χ0v) is 27.3. The van der Waals surface area contributed by atoms with Crippen molar-refractivity contribution in [2.75, 3.05) is 6.54 Å². The fraction of sp³-hybridized carbons (Fsp3) is 0.400. The van der Waals surface area contributed by atoms with E-state index in [1.54, 1.807) is 57.2 Å². The number of halogens is 1. The number of ketones is 1. The molecule has 3 aromatic rings. The van der Waals surface area contributed by atoms with Crippen molar-refractivity contribution in [2.24, 2.45) is 11.7 Å². The van der Waals surface area contributed by atoms with Gasteiger partial charge in [-0.15, -0.1) is 0 Å². The number of ether oxygens (including phenoxy) is 1. The van der Waals surface area contributed by atoms with E-state index < -0.39 is 46.5 Å². The van der Waals surface area contributed by atoms with E-state index in [-0.39, 0.29) is 58.4 Å². The Labute approximate surface area is 278 Å². The number of carbonyl (C=O) groups is 4. The summed E-state index contributed by atoms with van der Waals surface area (Å²) >= 11 is 6.57. The standard InChI is InChI=1S/C35H39ClN4O7/c1-33(2,3)47-32(44)39-20-25-24(18-23(36)19-26(25)34(45,30(37)42)21-10-5-4-6-11-21)29(41)27-12-9-17-40(27)31(43)35(46,22-14-15-22)28-13-7-8-16-38-28/h4-8,10-11,13,16,18-19,22,27,45-46H,9,12,14-15,17,20H2,1-3H3,(H2,37,42)(H,39,44)/t27-,34?,35?/m0/s1. The number of hydrogen-bond donors (Lipinski definition) is 4. The summed E-state index contributed by atoms with van der Waals surface area (Å²) in [6, 6.07) is 14.6. The van der Waals surface area contributed by atoms with Gasteiger partial charge >= 0.3 is 6.09 Å². The molecule has 2 aliphatic rings. The first-order chi connectivity index (χ1) is 22.2. The van der Waals surface area contributed by atoms with Crippen molar-refractivity contribution in [3.63, 3.8) is 0 Å². The van der Waals surface area contributed by atoms with Crippen LogP contribution in [0.4, 0.5) is 4.79 Å². The van der Waals surface area contributed by atoms with Crippen LogP contribution in [-0.4, -0.2) is 62.0 Å². The number of aliphatic hydroxyl groups is 2. The number of nitrogens with zero attached hydrogens (tertiary/aromatic N) is 2. The monoisotopic (exact) mass is 662 g/mol. The average molecular weight is 663 g/mol. The van der Waals surface area contributed by atoms with Gasteiger partial charge in [-0.1, -0.05) is 48.0 Å². The highest BCUT2D eigenvalue weighted by atomic mass is 35.5. The Kier molecular flexibility index (Phi) is 9.45. The van der Waals surface area contributed by atoms with E-state index in [1.165, 1.54) is 35.4 Å². The highest BCUT2D eigenvalue weighted by molar-refractivity contribution is 6.31. The van der Waals surface area contributed by atoms with Crippen LogP contribution in [0.3, 0.4) is 0 Å². The van der Waals surface area contributed by atoms with E-state index in [0.717, 1.165) is 0 Å². The summed E-state index contributed by atoms with van der Waals surface area (Å²) in [6.45, 7) is 4.93. The second-order valence-corrected chi connectivity index (χ2v) is 13.5. The van der Waals surface area contributed by atoms with Gasteiger partial charge in [0.25, 0.3) is 11.8 Å². The topological polar surface area (TPSA) is 172 Å². The van der Waals surface area contributed by atoms with Crippen LogP contribution >= 0.6 is 11.6 Å². The Hall–Kier alpha value is -4.32. The number of primary amides is 1. The molecular formula is C35H39ClN4O7.